The first-order chi connectivity index (χ1) is 19.3. The lowest BCUT2D eigenvalue weighted by Gasteiger charge is -2.17. The van der Waals surface area contributed by atoms with Crippen LogP contribution in [0.4, 0.5) is 13.2 Å². The molecule has 4 nitrogen and oxygen atoms in total. The highest BCUT2D eigenvalue weighted by atomic mass is 19.4. The van der Waals surface area contributed by atoms with E-state index in [1.165, 1.54) is 13.0 Å². The van der Waals surface area contributed by atoms with Gasteiger partial charge in [-0.25, -0.2) is 0 Å². The van der Waals surface area contributed by atoms with E-state index in [1.807, 2.05) is 60.7 Å². The van der Waals surface area contributed by atoms with Crippen LogP contribution in [0, 0.1) is 0 Å². The quantitative estimate of drug-likeness (QED) is 0.148. The fourth-order valence-electron chi connectivity index (χ4n) is 4.71. The Morgan fingerprint density at radius 1 is 0.775 bits per heavy atom. The summed E-state index contributed by atoms with van der Waals surface area (Å²) in [5.41, 5.74) is 3.63. The third-order valence-electron chi connectivity index (χ3n) is 6.49. The van der Waals surface area contributed by atoms with Crippen LogP contribution >= 0.6 is 0 Å². The predicted molar refractivity (Wildman–Crippen MR) is 147 cm³/mol. The van der Waals surface area contributed by atoms with E-state index < -0.39 is 17.7 Å². The summed E-state index contributed by atoms with van der Waals surface area (Å²) >= 11 is 0. The van der Waals surface area contributed by atoms with Crippen molar-refractivity contribution >= 4 is 16.9 Å². The van der Waals surface area contributed by atoms with Gasteiger partial charge in [0, 0.05) is 18.5 Å². The van der Waals surface area contributed by atoms with Gasteiger partial charge >= 0.3 is 12.1 Å². The number of alkyl halides is 3. The van der Waals surface area contributed by atoms with Crippen LogP contribution in [0.15, 0.2) is 103 Å². The Hall–Kier alpha value is -4.65. The highest BCUT2D eigenvalue weighted by Gasteiger charge is 2.33. The van der Waals surface area contributed by atoms with Crippen LogP contribution in [-0.2, 0) is 30.4 Å². The second kappa shape index (κ2) is 11.6. The molecule has 40 heavy (non-hydrogen) atoms. The van der Waals surface area contributed by atoms with Gasteiger partial charge in [0.1, 0.15) is 18.1 Å². The van der Waals surface area contributed by atoms with E-state index >= 15 is 0 Å². The van der Waals surface area contributed by atoms with Crippen LogP contribution in [0.1, 0.15) is 40.3 Å². The number of carbonyl (C=O) groups excluding carboxylic acids is 1. The van der Waals surface area contributed by atoms with Crippen molar-refractivity contribution in [2.45, 2.75) is 32.5 Å². The molecule has 1 heterocycles. The first kappa shape index (κ1) is 26.9. The lowest BCUT2D eigenvalue weighted by Crippen LogP contribution is -2.08. The minimum Gasteiger partial charge on any atom is -0.489 e. The van der Waals surface area contributed by atoms with Crippen LogP contribution in [-0.4, -0.2) is 11.0 Å². The van der Waals surface area contributed by atoms with E-state index in [-0.39, 0.29) is 12.1 Å². The standard InChI is InChI=1S/C33H26F3NO3/c1-22(38)40-28-13-6-11-25(18-28)21-39-27-12-5-10-24(17-27)19-30-26(16-23-8-3-2-4-9-23)20-37-32-29(30)14-7-15-31(32)33(34,35)36/h2-15,17-18,20H,16,19,21H2,1H3. The molecule has 4 aromatic carbocycles. The molecule has 0 aliphatic carbocycles. The molecule has 0 amide bonds. The van der Waals surface area contributed by atoms with Gasteiger partial charge in [0.05, 0.1) is 11.1 Å². The zero-order valence-electron chi connectivity index (χ0n) is 21.7. The largest absolute Gasteiger partial charge is 0.489 e. The molecule has 0 saturated heterocycles. The fraction of sp³-hybridized carbons (Fsp3) is 0.152. The summed E-state index contributed by atoms with van der Waals surface area (Å²) in [5, 5.41) is 0.483. The highest BCUT2D eigenvalue weighted by molar-refractivity contribution is 5.86. The molecule has 7 heteroatoms. The highest BCUT2D eigenvalue weighted by Crippen LogP contribution is 2.36. The van der Waals surface area contributed by atoms with Crippen LogP contribution in [0.5, 0.6) is 11.5 Å². The smallest absolute Gasteiger partial charge is 0.418 e. The molecular formula is C33H26F3NO3. The van der Waals surface area contributed by atoms with Crippen molar-refractivity contribution in [3.63, 3.8) is 0 Å². The maximum atomic E-state index is 13.8. The third-order valence-corrected chi connectivity index (χ3v) is 6.49. The number of para-hydroxylation sites is 1. The van der Waals surface area contributed by atoms with E-state index in [2.05, 4.69) is 4.98 Å². The average Bonchev–Trinajstić information content (AvgIpc) is 2.93. The number of carbonyl (C=O) groups is 1. The summed E-state index contributed by atoms with van der Waals surface area (Å²) in [4.78, 5) is 15.5. The van der Waals surface area contributed by atoms with E-state index in [0.29, 0.717) is 29.7 Å². The van der Waals surface area contributed by atoms with Crippen LogP contribution in [0.2, 0.25) is 0 Å². The van der Waals surface area contributed by atoms with Crippen LogP contribution in [0.25, 0.3) is 10.9 Å². The average molecular weight is 542 g/mol. The first-order valence-corrected chi connectivity index (χ1v) is 12.8. The van der Waals surface area contributed by atoms with Crippen molar-refractivity contribution in [2.75, 3.05) is 0 Å². The van der Waals surface area contributed by atoms with Gasteiger partial charge in [-0.3, -0.25) is 9.78 Å². The monoisotopic (exact) mass is 541 g/mol. The van der Waals surface area contributed by atoms with Gasteiger partial charge in [0.15, 0.2) is 0 Å². The van der Waals surface area contributed by atoms with E-state index in [0.717, 1.165) is 33.9 Å². The van der Waals surface area contributed by atoms with E-state index in [1.54, 1.807) is 30.5 Å². The minimum atomic E-state index is -4.51. The molecular weight excluding hydrogens is 515 g/mol. The maximum Gasteiger partial charge on any atom is 0.418 e. The number of aromatic nitrogens is 1. The van der Waals surface area contributed by atoms with E-state index in [9.17, 15) is 18.0 Å². The molecule has 0 aliphatic heterocycles. The Balaban J connectivity index is 1.46. The topological polar surface area (TPSA) is 48.4 Å². The number of hydrogen-bond acceptors (Lipinski definition) is 4. The van der Waals surface area contributed by atoms with Crippen molar-refractivity contribution in [3.05, 3.63) is 137 Å². The SMILES string of the molecule is CC(=O)Oc1cccc(COc2cccc(Cc3c(Cc4ccccc4)cnc4c(C(F)(F)F)cccc34)c2)c1. The van der Waals surface area contributed by atoms with E-state index in [4.69, 9.17) is 9.47 Å². The molecule has 0 aliphatic rings. The number of ether oxygens (including phenoxy) is 2. The van der Waals surface area contributed by atoms with Crippen molar-refractivity contribution in [2.24, 2.45) is 0 Å². The summed E-state index contributed by atoms with van der Waals surface area (Å²) in [6.45, 7) is 1.60. The maximum absolute atomic E-state index is 13.8. The Morgan fingerprint density at radius 3 is 2.20 bits per heavy atom. The second-order valence-electron chi connectivity index (χ2n) is 9.48. The molecule has 0 bridgehead atoms. The number of nitrogens with zero attached hydrogens (tertiary/aromatic N) is 1. The number of rotatable bonds is 8. The van der Waals surface area contributed by atoms with Crippen molar-refractivity contribution in [1.29, 1.82) is 0 Å². The number of esters is 1. The van der Waals surface area contributed by atoms with Gasteiger partial charge in [0.25, 0.3) is 0 Å². The molecule has 0 fully saturated rings. The van der Waals surface area contributed by atoms with Crippen molar-refractivity contribution < 1.29 is 27.4 Å². The molecule has 0 spiro atoms. The third kappa shape index (κ3) is 6.49. The summed E-state index contributed by atoms with van der Waals surface area (Å²) in [7, 11) is 0. The Bertz CT molecular complexity index is 1650. The molecule has 202 valence electrons. The number of hydrogen-bond donors (Lipinski definition) is 0. The molecule has 5 aromatic rings. The van der Waals surface area contributed by atoms with Gasteiger partial charge in [0.2, 0.25) is 0 Å². The van der Waals surface area contributed by atoms with Crippen molar-refractivity contribution in [1.82, 2.24) is 4.98 Å². The number of benzene rings is 4. The minimum absolute atomic E-state index is 0.0538. The summed E-state index contributed by atoms with van der Waals surface area (Å²) in [6.07, 6.45) is -1.99. The van der Waals surface area contributed by atoms with Crippen LogP contribution < -0.4 is 9.47 Å². The molecule has 1 aromatic heterocycles. The van der Waals surface area contributed by atoms with Crippen molar-refractivity contribution in [3.8, 4) is 11.5 Å². The lowest BCUT2D eigenvalue weighted by molar-refractivity contribution is -0.136. The molecule has 0 radical (unpaired) electrons. The number of pyridine rings is 1. The molecule has 0 N–H and O–H groups in total. The summed E-state index contributed by atoms with van der Waals surface area (Å²) in [5.74, 6) is 0.661. The first-order valence-electron chi connectivity index (χ1n) is 12.8. The van der Waals surface area contributed by atoms with Gasteiger partial charge in [-0.2, -0.15) is 13.2 Å². The van der Waals surface area contributed by atoms with Gasteiger partial charge < -0.3 is 9.47 Å². The van der Waals surface area contributed by atoms with Gasteiger partial charge in [-0.05, 0) is 71.0 Å². The van der Waals surface area contributed by atoms with Gasteiger partial charge in [-0.15, -0.1) is 0 Å². The number of fused-ring (bicyclic) bond motifs is 1. The Morgan fingerprint density at radius 2 is 1.45 bits per heavy atom. The number of halogens is 3. The zero-order valence-corrected chi connectivity index (χ0v) is 21.7. The summed E-state index contributed by atoms with van der Waals surface area (Å²) < 4.78 is 52.6. The summed E-state index contributed by atoms with van der Waals surface area (Å²) in [6, 6.07) is 28.6. The normalized spacial score (nSPS) is 11.4. The molecule has 0 saturated carbocycles. The lowest BCUT2D eigenvalue weighted by atomic mass is 9.92. The Kier molecular flexibility index (Phi) is 7.82. The fourth-order valence-corrected chi connectivity index (χ4v) is 4.71. The predicted octanol–water partition coefficient (Wildman–Crippen LogP) is 7.94. The Labute approximate surface area is 230 Å². The molecule has 5 rings (SSSR count). The zero-order chi connectivity index (χ0) is 28.1. The molecule has 0 atom stereocenters. The second-order valence-corrected chi connectivity index (χ2v) is 9.48. The van der Waals surface area contributed by atoms with Gasteiger partial charge in [-0.1, -0.05) is 66.7 Å². The molecule has 0 unspecified atom stereocenters. The van der Waals surface area contributed by atoms with Crippen LogP contribution in [0.3, 0.4) is 0 Å².